The molecule has 2 aromatic rings. The summed E-state index contributed by atoms with van der Waals surface area (Å²) >= 11 is 9.23. The Morgan fingerprint density at radius 1 is 1.29 bits per heavy atom. The molecule has 1 heterocycles. The zero-order valence-electron chi connectivity index (χ0n) is 11.5. The Labute approximate surface area is 137 Å². The molecule has 6 heteroatoms. The Balaban J connectivity index is 2.04. The molecule has 0 fully saturated rings. The maximum Gasteiger partial charge on any atom is 0.274 e. The minimum Gasteiger partial charge on any atom is -0.384 e. The second kappa shape index (κ2) is 7.43. The van der Waals surface area contributed by atoms with E-state index in [1.165, 1.54) is 0 Å². The number of anilines is 2. The molecule has 0 aliphatic rings. The number of benzene rings is 1. The summed E-state index contributed by atoms with van der Waals surface area (Å²) in [5.41, 5.74) is 1.93. The Kier molecular flexibility index (Phi) is 5.59. The van der Waals surface area contributed by atoms with Crippen molar-refractivity contribution >= 4 is 44.8 Å². The van der Waals surface area contributed by atoms with Gasteiger partial charge >= 0.3 is 0 Å². The third kappa shape index (κ3) is 4.44. The predicted octanol–water partition coefficient (Wildman–Crippen LogP) is 4.57. The summed E-state index contributed by atoms with van der Waals surface area (Å²) in [6, 6.07) is 8.74. The van der Waals surface area contributed by atoms with Gasteiger partial charge in [-0.1, -0.05) is 18.5 Å². The lowest BCUT2D eigenvalue weighted by molar-refractivity contribution is 0.102. The van der Waals surface area contributed by atoms with E-state index in [9.17, 15) is 4.79 Å². The number of hydrogen-bond donors (Lipinski definition) is 2. The lowest BCUT2D eigenvalue weighted by Crippen LogP contribution is -2.13. The second-order valence-corrected chi connectivity index (χ2v) is 5.70. The van der Waals surface area contributed by atoms with Crippen LogP contribution in [0.4, 0.5) is 11.4 Å². The summed E-state index contributed by atoms with van der Waals surface area (Å²) in [5, 5.41) is 6.58. The fourth-order valence-corrected chi connectivity index (χ4v) is 2.17. The van der Waals surface area contributed by atoms with Crippen LogP contribution in [0.5, 0.6) is 0 Å². The van der Waals surface area contributed by atoms with E-state index in [2.05, 4.69) is 38.5 Å². The number of aromatic nitrogens is 1. The van der Waals surface area contributed by atoms with Crippen molar-refractivity contribution in [3.05, 3.63) is 51.7 Å². The number of rotatable bonds is 5. The van der Waals surface area contributed by atoms with Gasteiger partial charge in [-0.3, -0.25) is 4.79 Å². The molecule has 0 unspecified atom stereocenters. The van der Waals surface area contributed by atoms with Crippen LogP contribution in [0.3, 0.4) is 0 Å². The molecule has 0 aliphatic carbocycles. The summed E-state index contributed by atoms with van der Waals surface area (Å²) in [6.45, 7) is 2.97. The smallest absolute Gasteiger partial charge is 0.274 e. The first-order valence-corrected chi connectivity index (χ1v) is 7.73. The number of carbonyl (C=O) groups excluding carboxylic acids is 1. The van der Waals surface area contributed by atoms with Crippen molar-refractivity contribution in [2.75, 3.05) is 17.2 Å². The minimum atomic E-state index is -0.258. The van der Waals surface area contributed by atoms with Crippen molar-refractivity contribution in [1.82, 2.24) is 4.98 Å². The Bertz CT molecular complexity index is 631. The minimum absolute atomic E-state index is 0.258. The Hall–Kier alpha value is -1.59. The molecule has 1 amide bonds. The van der Waals surface area contributed by atoms with E-state index in [0.29, 0.717) is 16.4 Å². The molecule has 110 valence electrons. The fraction of sp³-hybridized carbons (Fsp3) is 0.200. The van der Waals surface area contributed by atoms with Gasteiger partial charge in [0.2, 0.25) is 0 Å². The molecular weight excluding hydrogens is 354 g/mol. The number of hydrogen-bond acceptors (Lipinski definition) is 3. The highest BCUT2D eigenvalue weighted by molar-refractivity contribution is 9.10. The van der Waals surface area contributed by atoms with E-state index >= 15 is 0 Å². The van der Waals surface area contributed by atoms with Crippen LogP contribution in [0.2, 0.25) is 5.02 Å². The Morgan fingerprint density at radius 3 is 2.67 bits per heavy atom. The zero-order chi connectivity index (χ0) is 15.2. The van der Waals surface area contributed by atoms with Gasteiger partial charge in [0.25, 0.3) is 5.91 Å². The summed E-state index contributed by atoms with van der Waals surface area (Å²) in [6.07, 6.45) is 2.69. The van der Waals surface area contributed by atoms with E-state index < -0.39 is 0 Å². The highest BCUT2D eigenvalue weighted by atomic mass is 79.9. The fourth-order valence-electron chi connectivity index (χ4n) is 1.67. The first-order valence-electron chi connectivity index (χ1n) is 6.56. The first kappa shape index (κ1) is 15.8. The van der Waals surface area contributed by atoms with E-state index in [1.54, 1.807) is 30.5 Å². The first-order chi connectivity index (χ1) is 10.1. The molecule has 0 spiro atoms. The quantitative estimate of drug-likeness (QED) is 0.812. The van der Waals surface area contributed by atoms with Crippen molar-refractivity contribution in [2.24, 2.45) is 0 Å². The zero-order valence-corrected chi connectivity index (χ0v) is 13.8. The largest absolute Gasteiger partial charge is 0.384 e. The van der Waals surface area contributed by atoms with E-state index in [1.807, 2.05) is 6.07 Å². The molecule has 4 nitrogen and oxygen atoms in total. The van der Waals surface area contributed by atoms with Crippen molar-refractivity contribution in [2.45, 2.75) is 13.3 Å². The monoisotopic (exact) mass is 367 g/mol. The van der Waals surface area contributed by atoms with Crippen molar-refractivity contribution in [1.29, 1.82) is 0 Å². The molecule has 2 N–H and O–H groups in total. The molecule has 0 radical (unpaired) electrons. The third-order valence-electron chi connectivity index (χ3n) is 2.75. The number of nitrogens with one attached hydrogen (secondary N) is 2. The van der Waals surface area contributed by atoms with Crippen molar-refractivity contribution in [3.63, 3.8) is 0 Å². The van der Waals surface area contributed by atoms with E-state index in [4.69, 9.17) is 11.6 Å². The van der Waals surface area contributed by atoms with Gasteiger partial charge in [-0.05, 0) is 52.7 Å². The van der Waals surface area contributed by atoms with Gasteiger partial charge in [0.15, 0.2) is 0 Å². The number of amides is 1. The lowest BCUT2D eigenvalue weighted by atomic mass is 10.3. The van der Waals surface area contributed by atoms with Gasteiger partial charge in [-0.15, -0.1) is 0 Å². The standard InChI is InChI=1S/C15H15BrClN3O/c1-2-7-18-11-4-6-14(19-9-11)15(21)20-10-3-5-13(17)12(16)8-10/h3-6,8-9,18H,2,7H2,1H3,(H,20,21). The normalized spacial score (nSPS) is 10.2. The number of halogens is 2. The van der Waals surface area contributed by atoms with Crippen LogP contribution in [0.25, 0.3) is 0 Å². The molecule has 0 atom stereocenters. The summed E-state index contributed by atoms with van der Waals surface area (Å²) in [5.74, 6) is -0.258. The van der Waals surface area contributed by atoms with Crippen LogP contribution in [0.15, 0.2) is 41.0 Å². The number of pyridine rings is 1. The van der Waals surface area contributed by atoms with Crippen LogP contribution >= 0.6 is 27.5 Å². The molecule has 2 rings (SSSR count). The molecule has 1 aromatic heterocycles. The topological polar surface area (TPSA) is 54.0 Å². The average Bonchev–Trinajstić information content (AvgIpc) is 2.49. The maximum absolute atomic E-state index is 12.1. The predicted molar refractivity (Wildman–Crippen MR) is 90.1 cm³/mol. The van der Waals surface area contributed by atoms with Gasteiger partial charge in [-0.25, -0.2) is 4.98 Å². The van der Waals surface area contributed by atoms with Crippen LogP contribution in [-0.2, 0) is 0 Å². The molecular formula is C15H15BrClN3O. The van der Waals surface area contributed by atoms with Crippen LogP contribution in [0, 0.1) is 0 Å². The Morgan fingerprint density at radius 2 is 2.05 bits per heavy atom. The van der Waals surface area contributed by atoms with Crippen molar-refractivity contribution in [3.8, 4) is 0 Å². The van der Waals surface area contributed by atoms with Gasteiger partial charge in [0.1, 0.15) is 5.69 Å². The van der Waals surface area contributed by atoms with Crippen LogP contribution in [-0.4, -0.2) is 17.4 Å². The third-order valence-corrected chi connectivity index (χ3v) is 3.97. The van der Waals surface area contributed by atoms with E-state index in [-0.39, 0.29) is 5.91 Å². The highest BCUT2D eigenvalue weighted by Crippen LogP contribution is 2.25. The average molecular weight is 369 g/mol. The highest BCUT2D eigenvalue weighted by Gasteiger charge is 2.08. The second-order valence-electron chi connectivity index (χ2n) is 4.44. The molecule has 21 heavy (non-hydrogen) atoms. The molecule has 0 saturated heterocycles. The SMILES string of the molecule is CCCNc1ccc(C(=O)Nc2ccc(Cl)c(Br)c2)nc1. The van der Waals surface area contributed by atoms with E-state index in [0.717, 1.165) is 23.1 Å². The molecule has 0 bridgehead atoms. The van der Waals surface area contributed by atoms with Gasteiger partial charge < -0.3 is 10.6 Å². The number of nitrogens with zero attached hydrogens (tertiary/aromatic N) is 1. The molecule has 0 saturated carbocycles. The summed E-state index contributed by atoms with van der Waals surface area (Å²) in [7, 11) is 0. The van der Waals surface area contributed by atoms with Gasteiger partial charge in [-0.2, -0.15) is 0 Å². The van der Waals surface area contributed by atoms with Crippen LogP contribution in [0.1, 0.15) is 23.8 Å². The summed E-state index contributed by atoms with van der Waals surface area (Å²) in [4.78, 5) is 16.2. The molecule has 0 aliphatic heterocycles. The van der Waals surface area contributed by atoms with Gasteiger partial charge in [0.05, 0.1) is 16.9 Å². The van der Waals surface area contributed by atoms with Crippen molar-refractivity contribution < 1.29 is 4.79 Å². The molecule has 1 aromatic carbocycles. The maximum atomic E-state index is 12.1. The number of carbonyl (C=O) groups is 1. The summed E-state index contributed by atoms with van der Waals surface area (Å²) < 4.78 is 0.731. The van der Waals surface area contributed by atoms with Crippen LogP contribution < -0.4 is 10.6 Å². The van der Waals surface area contributed by atoms with Gasteiger partial charge in [0, 0.05) is 16.7 Å². The lowest BCUT2D eigenvalue weighted by Gasteiger charge is -2.07.